The van der Waals surface area contributed by atoms with E-state index in [0.717, 1.165) is 43.2 Å². The Hall–Kier alpha value is -1.26. The third-order valence-electron chi connectivity index (χ3n) is 2.75. The molecule has 0 spiro atoms. The normalized spacial score (nSPS) is 10.8. The zero-order chi connectivity index (χ0) is 14.1. The van der Waals surface area contributed by atoms with Gasteiger partial charge in [0.1, 0.15) is 11.5 Å². The van der Waals surface area contributed by atoms with Gasteiger partial charge in [0.2, 0.25) is 0 Å². The van der Waals surface area contributed by atoms with Crippen LogP contribution in [-0.2, 0) is 11.3 Å². The highest BCUT2D eigenvalue weighted by molar-refractivity contribution is 5.40. The lowest BCUT2D eigenvalue weighted by molar-refractivity contribution is 0.0770. The number of hydrogen-bond acceptors (Lipinski definition) is 4. The second kappa shape index (κ2) is 8.77. The minimum Gasteiger partial charge on any atom is -0.497 e. The zero-order valence-corrected chi connectivity index (χ0v) is 12.4. The highest BCUT2D eigenvalue weighted by Gasteiger charge is 2.04. The molecule has 0 atom stereocenters. The molecule has 0 unspecified atom stereocenters. The fourth-order valence-corrected chi connectivity index (χ4v) is 1.76. The van der Waals surface area contributed by atoms with Gasteiger partial charge in [-0.15, -0.1) is 0 Å². The van der Waals surface area contributed by atoms with E-state index in [4.69, 9.17) is 14.2 Å². The van der Waals surface area contributed by atoms with Gasteiger partial charge in [0, 0.05) is 18.7 Å². The molecule has 0 aliphatic rings. The smallest absolute Gasteiger partial charge is 0.123 e. The number of hydrogen-bond donors (Lipinski definition) is 1. The van der Waals surface area contributed by atoms with Gasteiger partial charge in [-0.1, -0.05) is 0 Å². The minimum atomic E-state index is 0.304. The molecule has 19 heavy (non-hydrogen) atoms. The average molecular weight is 267 g/mol. The summed E-state index contributed by atoms with van der Waals surface area (Å²) in [6, 6.07) is 5.83. The van der Waals surface area contributed by atoms with E-state index in [0.29, 0.717) is 6.10 Å². The van der Waals surface area contributed by atoms with Crippen LogP contribution in [0.5, 0.6) is 11.5 Å². The Morgan fingerprint density at radius 3 is 2.58 bits per heavy atom. The van der Waals surface area contributed by atoms with Crippen molar-refractivity contribution in [3.63, 3.8) is 0 Å². The molecule has 1 aromatic carbocycles. The largest absolute Gasteiger partial charge is 0.497 e. The summed E-state index contributed by atoms with van der Waals surface area (Å²) < 4.78 is 16.0. The lowest BCUT2D eigenvalue weighted by Crippen LogP contribution is -2.17. The van der Waals surface area contributed by atoms with Gasteiger partial charge >= 0.3 is 0 Å². The van der Waals surface area contributed by atoms with E-state index in [-0.39, 0.29) is 0 Å². The second-order valence-electron chi connectivity index (χ2n) is 4.63. The van der Waals surface area contributed by atoms with E-state index in [1.807, 2.05) is 18.2 Å². The number of ether oxygens (including phenoxy) is 3. The molecule has 0 saturated carbocycles. The maximum absolute atomic E-state index is 5.49. The number of methoxy groups -OCH3 is 2. The van der Waals surface area contributed by atoms with Gasteiger partial charge in [-0.2, -0.15) is 0 Å². The summed E-state index contributed by atoms with van der Waals surface area (Å²) in [6.45, 7) is 6.58. The van der Waals surface area contributed by atoms with Gasteiger partial charge < -0.3 is 19.5 Å². The van der Waals surface area contributed by atoms with Crippen molar-refractivity contribution in [3.05, 3.63) is 23.8 Å². The highest BCUT2D eigenvalue weighted by atomic mass is 16.5. The van der Waals surface area contributed by atoms with Crippen LogP contribution in [0.3, 0.4) is 0 Å². The van der Waals surface area contributed by atoms with Crippen molar-refractivity contribution in [1.29, 1.82) is 0 Å². The standard InChI is InChI=1S/C15H25NO3/c1-12(2)19-9-5-8-16-11-13-10-14(17-3)6-7-15(13)18-4/h6-7,10,12,16H,5,8-9,11H2,1-4H3. The van der Waals surface area contributed by atoms with Crippen LogP contribution >= 0.6 is 0 Å². The van der Waals surface area contributed by atoms with Crippen molar-refractivity contribution in [2.24, 2.45) is 0 Å². The summed E-state index contributed by atoms with van der Waals surface area (Å²) in [5.74, 6) is 1.73. The number of benzene rings is 1. The molecule has 4 nitrogen and oxygen atoms in total. The van der Waals surface area contributed by atoms with Gasteiger partial charge in [-0.05, 0) is 45.0 Å². The molecule has 0 radical (unpaired) electrons. The van der Waals surface area contributed by atoms with Crippen LogP contribution in [0.4, 0.5) is 0 Å². The van der Waals surface area contributed by atoms with E-state index in [1.165, 1.54) is 0 Å². The third-order valence-corrected chi connectivity index (χ3v) is 2.75. The molecule has 0 aromatic heterocycles. The Kier molecular flexibility index (Phi) is 7.30. The molecule has 0 heterocycles. The van der Waals surface area contributed by atoms with E-state index < -0.39 is 0 Å². The maximum Gasteiger partial charge on any atom is 0.123 e. The van der Waals surface area contributed by atoms with E-state index >= 15 is 0 Å². The molecule has 0 bridgehead atoms. The summed E-state index contributed by atoms with van der Waals surface area (Å²) in [4.78, 5) is 0. The SMILES string of the molecule is COc1ccc(OC)c(CNCCCOC(C)C)c1. The summed E-state index contributed by atoms with van der Waals surface area (Å²) in [5, 5.41) is 3.39. The van der Waals surface area contributed by atoms with Gasteiger partial charge in [0.25, 0.3) is 0 Å². The van der Waals surface area contributed by atoms with Crippen molar-refractivity contribution in [3.8, 4) is 11.5 Å². The van der Waals surface area contributed by atoms with Crippen molar-refractivity contribution in [2.45, 2.75) is 32.9 Å². The lowest BCUT2D eigenvalue weighted by Gasteiger charge is -2.12. The third kappa shape index (κ3) is 5.94. The lowest BCUT2D eigenvalue weighted by atomic mass is 10.2. The van der Waals surface area contributed by atoms with Gasteiger partial charge in [0.05, 0.1) is 20.3 Å². The van der Waals surface area contributed by atoms with Crippen LogP contribution in [0.25, 0.3) is 0 Å². The predicted molar refractivity (Wildman–Crippen MR) is 77.0 cm³/mol. The van der Waals surface area contributed by atoms with E-state index in [1.54, 1.807) is 14.2 Å². The minimum absolute atomic E-state index is 0.304. The Balaban J connectivity index is 2.35. The first-order chi connectivity index (χ1) is 9.17. The summed E-state index contributed by atoms with van der Waals surface area (Å²) >= 11 is 0. The first-order valence-electron chi connectivity index (χ1n) is 6.70. The Morgan fingerprint density at radius 1 is 1.16 bits per heavy atom. The molecule has 1 rings (SSSR count). The molecule has 108 valence electrons. The van der Waals surface area contributed by atoms with Gasteiger partial charge in [-0.3, -0.25) is 0 Å². The van der Waals surface area contributed by atoms with Gasteiger partial charge in [0.15, 0.2) is 0 Å². The van der Waals surface area contributed by atoms with Crippen molar-refractivity contribution < 1.29 is 14.2 Å². The molecule has 0 fully saturated rings. The van der Waals surface area contributed by atoms with Gasteiger partial charge in [-0.25, -0.2) is 0 Å². The van der Waals surface area contributed by atoms with E-state index in [9.17, 15) is 0 Å². The topological polar surface area (TPSA) is 39.7 Å². The number of nitrogens with one attached hydrogen (secondary N) is 1. The molecular formula is C15H25NO3. The van der Waals surface area contributed by atoms with Crippen LogP contribution in [0.2, 0.25) is 0 Å². The molecule has 0 saturated heterocycles. The van der Waals surface area contributed by atoms with Crippen molar-refractivity contribution >= 4 is 0 Å². The Bertz CT molecular complexity index is 366. The predicted octanol–water partition coefficient (Wildman–Crippen LogP) is 2.61. The molecule has 0 amide bonds. The Labute approximate surface area is 116 Å². The molecule has 0 aliphatic carbocycles. The molecule has 1 N–H and O–H groups in total. The van der Waals surface area contributed by atoms with E-state index in [2.05, 4.69) is 19.2 Å². The van der Waals surface area contributed by atoms with Crippen LogP contribution in [0.15, 0.2) is 18.2 Å². The van der Waals surface area contributed by atoms with Crippen LogP contribution in [0, 0.1) is 0 Å². The van der Waals surface area contributed by atoms with Crippen LogP contribution < -0.4 is 14.8 Å². The highest BCUT2D eigenvalue weighted by Crippen LogP contribution is 2.23. The zero-order valence-electron chi connectivity index (χ0n) is 12.4. The summed E-state index contributed by atoms with van der Waals surface area (Å²) in [5.41, 5.74) is 1.10. The fourth-order valence-electron chi connectivity index (χ4n) is 1.76. The fraction of sp³-hybridized carbons (Fsp3) is 0.600. The summed E-state index contributed by atoms with van der Waals surface area (Å²) in [6.07, 6.45) is 1.31. The molecular weight excluding hydrogens is 242 g/mol. The summed E-state index contributed by atoms with van der Waals surface area (Å²) in [7, 11) is 3.35. The molecule has 4 heteroatoms. The maximum atomic E-state index is 5.49. The van der Waals surface area contributed by atoms with Crippen molar-refractivity contribution in [2.75, 3.05) is 27.4 Å². The van der Waals surface area contributed by atoms with Crippen LogP contribution in [0.1, 0.15) is 25.8 Å². The quantitative estimate of drug-likeness (QED) is 0.698. The first kappa shape index (κ1) is 15.8. The molecule has 1 aromatic rings. The molecule has 0 aliphatic heterocycles. The first-order valence-corrected chi connectivity index (χ1v) is 6.70. The second-order valence-corrected chi connectivity index (χ2v) is 4.63. The Morgan fingerprint density at radius 2 is 1.95 bits per heavy atom. The average Bonchev–Trinajstić information content (AvgIpc) is 2.42. The van der Waals surface area contributed by atoms with Crippen LogP contribution in [-0.4, -0.2) is 33.5 Å². The number of rotatable bonds is 9. The van der Waals surface area contributed by atoms with Crippen molar-refractivity contribution in [1.82, 2.24) is 5.32 Å². The monoisotopic (exact) mass is 267 g/mol.